The van der Waals surface area contributed by atoms with E-state index in [1.54, 1.807) is 24.3 Å². The number of para-hydroxylation sites is 1. The van der Waals surface area contributed by atoms with Crippen LogP contribution in [0.25, 0.3) is 11.0 Å². The van der Waals surface area contributed by atoms with Crippen molar-refractivity contribution in [3.8, 4) is 5.95 Å². The number of fused-ring (bicyclic) bond motifs is 1. The molecule has 3 nitrogen and oxygen atoms in total. The summed E-state index contributed by atoms with van der Waals surface area (Å²) in [7, 11) is 0. The summed E-state index contributed by atoms with van der Waals surface area (Å²) in [6.45, 7) is 0. The number of rotatable bonds is 1. The second-order valence-electron chi connectivity index (χ2n) is 2.43. The summed E-state index contributed by atoms with van der Waals surface area (Å²) in [5.74, 6) is -0.314. The van der Waals surface area contributed by atoms with Gasteiger partial charge in [0.2, 0.25) is 0 Å². The predicted molar refractivity (Wildman–Crippen MR) is 43.3 cm³/mol. The Kier molecular flexibility index (Phi) is 1.37. The van der Waals surface area contributed by atoms with Crippen molar-refractivity contribution < 1.29 is 14.3 Å². The lowest BCUT2D eigenvalue weighted by Crippen LogP contribution is -1.74. The smallest absolute Gasteiger partial charge is 0.293 e. The molecule has 0 bridgehead atoms. The predicted octanol–water partition coefficient (Wildman–Crippen LogP) is 1.95. The maximum absolute atomic E-state index is 10.5. The van der Waals surface area contributed by atoms with Crippen LogP contribution in [-0.4, -0.2) is 11.4 Å². The monoisotopic (exact) mass is 162 g/mol. The van der Waals surface area contributed by atoms with Crippen LogP contribution in [0, 0.1) is 0 Å². The second kappa shape index (κ2) is 2.37. The molecule has 0 aliphatic carbocycles. The zero-order chi connectivity index (χ0) is 8.55. The van der Waals surface area contributed by atoms with Gasteiger partial charge in [0.05, 0.1) is 0 Å². The lowest BCUT2D eigenvalue weighted by Gasteiger charge is -1.83. The van der Waals surface area contributed by atoms with Gasteiger partial charge in [-0.2, -0.15) is 0 Å². The van der Waals surface area contributed by atoms with E-state index in [0.29, 0.717) is 17.3 Å². The fraction of sp³-hybridized carbons (Fsp3) is 0. The van der Waals surface area contributed by atoms with Crippen molar-refractivity contribution in [1.29, 1.82) is 0 Å². The molecule has 0 radical (unpaired) electrons. The van der Waals surface area contributed by atoms with Gasteiger partial charge in [-0.05, 0) is 6.07 Å². The molecule has 0 saturated carbocycles. The summed E-state index contributed by atoms with van der Waals surface area (Å²) in [5.41, 5.74) is 0.739. The highest BCUT2D eigenvalue weighted by molar-refractivity contribution is 5.98. The summed E-state index contributed by atoms with van der Waals surface area (Å²) >= 11 is 0. The van der Waals surface area contributed by atoms with Gasteiger partial charge in [0.1, 0.15) is 11.1 Å². The van der Waals surface area contributed by atoms with Gasteiger partial charge in [0.25, 0.3) is 5.95 Å². The van der Waals surface area contributed by atoms with Crippen molar-refractivity contribution in [2.45, 2.75) is 0 Å². The van der Waals surface area contributed by atoms with E-state index in [2.05, 4.69) is 0 Å². The largest absolute Gasteiger partial charge is 0.480 e. The van der Waals surface area contributed by atoms with Crippen molar-refractivity contribution in [3.05, 3.63) is 29.8 Å². The van der Waals surface area contributed by atoms with Gasteiger partial charge in [-0.25, -0.2) is 0 Å². The SMILES string of the molecule is O=Cc1c(O)oc2ccccc12. The standard InChI is InChI=1S/C9H6O3/c10-5-7-6-3-1-2-4-8(6)12-9(7)11/h1-5,11H. The van der Waals surface area contributed by atoms with E-state index < -0.39 is 0 Å². The van der Waals surface area contributed by atoms with E-state index in [-0.39, 0.29) is 11.5 Å². The number of aldehydes is 1. The van der Waals surface area contributed by atoms with Gasteiger partial charge in [0, 0.05) is 5.39 Å². The normalized spacial score (nSPS) is 10.3. The van der Waals surface area contributed by atoms with E-state index >= 15 is 0 Å². The van der Waals surface area contributed by atoms with Crippen molar-refractivity contribution in [1.82, 2.24) is 0 Å². The Balaban J connectivity index is 2.90. The Bertz CT molecular complexity index is 428. The van der Waals surface area contributed by atoms with Crippen LogP contribution in [0.4, 0.5) is 0 Å². The molecule has 0 aliphatic heterocycles. The number of hydrogen-bond acceptors (Lipinski definition) is 3. The number of carbonyl (C=O) groups excluding carboxylic acids is 1. The first kappa shape index (κ1) is 6.91. The molecular formula is C9H6O3. The Labute approximate surface area is 68.2 Å². The Morgan fingerprint density at radius 1 is 1.33 bits per heavy atom. The van der Waals surface area contributed by atoms with E-state index in [9.17, 15) is 4.79 Å². The number of furan rings is 1. The average molecular weight is 162 g/mol. The molecule has 2 aromatic rings. The van der Waals surface area contributed by atoms with E-state index in [1.165, 1.54) is 0 Å². The highest BCUT2D eigenvalue weighted by Crippen LogP contribution is 2.28. The Morgan fingerprint density at radius 2 is 2.08 bits per heavy atom. The van der Waals surface area contributed by atoms with Gasteiger partial charge in [-0.3, -0.25) is 4.79 Å². The van der Waals surface area contributed by atoms with Crippen LogP contribution in [0.15, 0.2) is 28.7 Å². The molecule has 0 unspecified atom stereocenters. The van der Waals surface area contributed by atoms with E-state index in [1.807, 2.05) is 0 Å². The van der Waals surface area contributed by atoms with Gasteiger partial charge in [-0.15, -0.1) is 0 Å². The van der Waals surface area contributed by atoms with Gasteiger partial charge >= 0.3 is 0 Å². The van der Waals surface area contributed by atoms with Crippen molar-refractivity contribution >= 4 is 17.3 Å². The molecule has 0 fully saturated rings. The second-order valence-corrected chi connectivity index (χ2v) is 2.43. The molecule has 1 heterocycles. The first-order valence-electron chi connectivity index (χ1n) is 3.48. The molecule has 1 N–H and O–H groups in total. The van der Waals surface area contributed by atoms with Gasteiger partial charge in [0.15, 0.2) is 6.29 Å². The van der Waals surface area contributed by atoms with Gasteiger partial charge in [-0.1, -0.05) is 18.2 Å². The zero-order valence-corrected chi connectivity index (χ0v) is 6.15. The Morgan fingerprint density at radius 3 is 2.83 bits per heavy atom. The molecule has 12 heavy (non-hydrogen) atoms. The lowest BCUT2D eigenvalue weighted by molar-refractivity contribution is 0.112. The summed E-state index contributed by atoms with van der Waals surface area (Å²) in [6.07, 6.45) is 0.584. The fourth-order valence-corrected chi connectivity index (χ4v) is 1.17. The minimum atomic E-state index is -0.314. The van der Waals surface area contributed by atoms with Gasteiger partial charge < -0.3 is 9.52 Å². The summed E-state index contributed by atoms with van der Waals surface area (Å²) < 4.78 is 4.91. The maximum Gasteiger partial charge on any atom is 0.293 e. The van der Waals surface area contributed by atoms with Crippen LogP contribution in [-0.2, 0) is 0 Å². The average Bonchev–Trinajstić information content (AvgIpc) is 2.40. The number of carbonyl (C=O) groups is 1. The van der Waals surface area contributed by atoms with E-state index in [0.717, 1.165) is 0 Å². The van der Waals surface area contributed by atoms with Crippen LogP contribution < -0.4 is 0 Å². The summed E-state index contributed by atoms with van der Waals surface area (Å²) in [4.78, 5) is 10.5. The summed E-state index contributed by atoms with van der Waals surface area (Å²) in [5, 5.41) is 9.78. The lowest BCUT2D eigenvalue weighted by atomic mass is 10.2. The minimum absolute atomic E-state index is 0.214. The molecule has 0 spiro atoms. The molecule has 1 aromatic carbocycles. The van der Waals surface area contributed by atoms with Crippen LogP contribution >= 0.6 is 0 Å². The molecule has 0 saturated heterocycles. The third-order valence-corrected chi connectivity index (χ3v) is 1.73. The van der Waals surface area contributed by atoms with Crippen LogP contribution in [0.2, 0.25) is 0 Å². The third kappa shape index (κ3) is 0.797. The minimum Gasteiger partial charge on any atom is -0.480 e. The van der Waals surface area contributed by atoms with Crippen LogP contribution in [0.5, 0.6) is 5.95 Å². The first-order valence-corrected chi connectivity index (χ1v) is 3.48. The summed E-state index contributed by atoms with van der Waals surface area (Å²) in [6, 6.07) is 6.98. The molecule has 2 rings (SSSR count). The first-order chi connectivity index (χ1) is 5.83. The maximum atomic E-state index is 10.5. The molecule has 1 aromatic heterocycles. The third-order valence-electron chi connectivity index (χ3n) is 1.73. The zero-order valence-electron chi connectivity index (χ0n) is 6.15. The van der Waals surface area contributed by atoms with Crippen molar-refractivity contribution in [3.63, 3.8) is 0 Å². The number of aromatic hydroxyl groups is 1. The Hall–Kier alpha value is -1.77. The highest BCUT2D eigenvalue weighted by Gasteiger charge is 2.10. The van der Waals surface area contributed by atoms with Crippen LogP contribution in [0.3, 0.4) is 0 Å². The molecular weight excluding hydrogens is 156 g/mol. The highest BCUT2D eigenvalue weighted by atomic mass is 16.5. The molecule has 3 heteroatoms. The fourth-order valence-electron chi connectivity index (χ4n) is 1.17. The number of benzene rings is 1. The molecule has 60 valence electrons. The molecule has 0 amide bonds. The molecule has 0 aliphatic rings. The van der Waals surface area contributed by atoms with Crippen LogP contribution in [0.1, 0.15) is 10.4 Å². The van der Waals surface area contributed by atoms with E-state index in [4.69, 9.17) is 9.52 Å². The van der Waals surface area contributed by atoms with Crippen molar-refractivity contribution in [2.75, 3.05) is 0 Å². The van der Waals surface area contributed by atoms with Crippen molar-refractivity contribution in [2.24, 2.45) is 0 Å². The number of hydrogen-bond donors (Lipinski definition) is 1. The topological polar surface area (TPSA) is 50.4 Å². The quantitative estimate of drug-likeness (QED) is 0.652. The molecule has 0 atom stereocenters.